The first kappa shape index (κ1) is 15.2. The number of hydrogen-bond donors (Lipinski definition) is 2. The van der Waals surface area contributed by atoms with Crippen molar-refractivity contribution in [1.29, 1.82) is 5.26 Å². The van der Waals surface area contributed by atoms with E-state index in [1.165, 1.54) is 0 Å². The van der Waals surface area contributed by atoms with Gasteiger partial charge in [-0.15, -0.1) is 0 Å². The number of anilines is 3. The van der Waals surface area contributed by atoms with Gasteiger partial charge in [0.1, 0.15) is 18.2 Å². The van der Waals surface area contributed by atoms with Crippen LogP contribution in [0.3, 0.4) is 0 Å². The molecule has 0 aliphatic heterocycles. The average Bonchev–Trinajstić information content (AvgIpc) is 2.49. The zero-order chi connectivity index (χ0) is 15.2. The van der Waals surface area contributed by atoms with Gasteiger partial charge in [0.05, 0.1) is 17.3 Å². The van der Waals surface area contributed by atoms with Gasteiger partial charge in [-0.3, -0.25) is 0 Å². The molecule has 0 bridgehead atoms. The zero-order valence-corrected chi connectivity index (χ0v) is 13.2. The van der Waals surface area contributed by atoms with Gasteiger partial charge >= 0.3 is 0 Å². The van der Waals surface area contributed by atoms with Gasteiger partial charge in [0, 0.05) is 24.7 Å². The summed E-state index contributed by atoms with van der Waals surface area (Å²) in [6.07, 6.45) is 0. The van der Waals surface area contributed by atoms with Gasteiger partial charge < -0.3 is 15.4 Å². The van der Waals surface area contributed by atoms with Crippen LogP contribution in [0.5, 0.6) is 0 Å². The average molecular weight is 348 g/mol. The molecular formula is C14H14BrN5O. The van der Waals surface area contributed by atoms with Crippen molar-refractivity contribution in [2.75, 3.05) is 24.8 Å². The second kappa shape index (κ2) is 7.02. The van der Waals surface area contributed by atoms with E-state index in [-0.39, 0.29) is 0 Å². The van der Waals surface area contributed by atoms with Gasteiger partial charge in [-0.1, -0.05) is 0 Å². The molecule has 0 fully saturated rings. The molecule has 2 N–H and O–H groups in total. The third-order valence-corrected chi connectivity index (χ3v) is 3.32. The molecule has 0 unspecified atom stereocenters. The Labute approximate surface area is 131 Å². The predicted octanol–water partition coefficient (Wildman–Crippen LogP) is 3.04. The van der Waals surface area contributed by atoms with E-state index in [0.29, 0.717) is 29.6 Å². The largest absolute Gasteiger partial charge is 0.377 e. The van der Waals surface area contributed by atoms with E-state index in [9.17, 15) is 0 Å². The third kappa shape index (κ3) is 3.90. The van der Waals surface area contributed by atoms with Gasteiger partial charge in [0.2, 0.25) is 0 Å². The molecular weight excluding hydrogens is 334 g/mol. The lowest BCUT2D eigenvalue weighted by Crippen LogP contribution is -2.05. The Balaban J connectivity index is 2.30. The topological polar surface area (TPSA) is 82.9 Å². The van der Waals surface area contributed by atoms with E-state index in [1.54, 1.807) is 32.4 Å². The summed E-state index contributed by atoms with van der Waals surface area (Å²) >= 11 is 3.43. The Morgan fingerprint density at radius 2 is 2.05 bits per heavy atom. The Morgan fingerprint density at radius 1 is 1.29 bits per heavy atom. The number of nitriles is 1. The van der Waals surface area contributed by atoms with Crippen molar-refractivity contribution in [3.63, 3.8) is 0 Å². The van der Waals surface area contributed by atoms with Crippen LogP contribution >= 0.6 is 15.9 Å². The smallest absolute Gasteiger partial charge is 0.158 e. The van der Waals surface area contributed by atoms with Crippen LogP contribution in [-0.4, -0.2) is 24.1 Å². The van der Waals surface area contributed by atoms with Gasteiger partial charge in [-0.2, -0.15) is 5.26 Å². The molecule has 0 saturated heterocycles. The summed E-state index contributed by atoms with van der Waals surface area (Å²) in [4.78, 5) is 8.67. The first-order valence-electron chi connectivity index (χ1n) is 6.17. The van der Waals surface area contributed by atoms with Crippen molar-refractivity contribution >= 4 is 33.3 Å². The van der Waals surface area contributed by atoms with Crippen LogP contribution in [-0.2, 0) is 11.3 Å². The van der Waals surface area contributed by atoms with Crippen molar-refractivity contribution in [2.45, 2.75) is 6.61 Å². The molecule has 1 heterocycles. The minimum atomic E-state index is 0.332. The SMILES string of the molecule is CNc1cc(Nc2ccc(C#N)cc2Br)nc(COC)n1. The zero-order valence-electron chi connectivity index (χ0n) is 11.6. The van der Waals surface area contributed by atoms with Crippen LogP contribution < -0.4 is 10.6 Å². The van der Waals surface area contributed by atoms with Gasteiger partial charge in [-0.05, 0) is 34.1 Å². The lowest BCUT2D eigenvalue weighted by atomic mass is 10.2. The second-order valence-electron chi connectivity index (χ2n) is 4.17. The van der Waals surface area contributed by atoms with Crippen molar-refractivity contribution < 1.29 is 4.74 Å². The number of benzene rings is 1. The molecule has 2 rings (SSSR count). The highest BCUT2D eigenvalue weighted by molar-refractivity contribution is 9.10. The highest BCUT2D eigenvalue weighted by Crippen LogP contribution is 2.26. The maximum Gasteiger partial charge on any atom is 0.158 e. The summed E-state index contributed by atoms with van der Waals surface area (Å²) in [7, 11) is 3.39. The predicted molar refractivity (Wildman–Crippen MR) is 84.4 cm³/mol. The fourth-order valence-electron chi connectivity index (χ4n) is 1.71. The maximum absolute atomic E-state index is 8.87. The first-order valence-corrected chi connectivity index (χ1v) is 6.97. The van der Waals surface area contributed by atoms with Gasteiger partial charge in [-0.25, -0.2) is 9.97 Å². The number of methoxy groups -OCH3 is 1. The quantitative estimate of drug-likeness (QED) is 0.864. The molecule has 108 valence electrons. The van der Waals surface area contributed by atoms with E-state index in [1.807, 2.05) is 6.07 Å². The molecule has 7 heteroatoms. The van der Waals surface area contributed by atoms with E-state index in [4.69, 9.17) is 10.00 Å². The van der Waals surface area contributed by atoms with Crippen LogP contribution in [0.25, 0.3) is 0 Å². The van der Waals surface area contributed by atoms with Crippen LogP contribution in [0.2, 0.25) is 0 Å². The number of hydrogen-bond acceptors (Lipinski definition) is 6. The number of halogens is 1. The Hall–Kier alpha value is -2.17. The summed E-state index contributed by atoms with van der Waals surface area (Å²) in [5, 5.41) is 15.0. The van der Waals surface area contributed by atoms with E-state index < -0.39 is 0 Å². The van der Waals surface area contributed by atoms with Crippen LogP contribution in [0.15, 0.2) is 28.7 Å². The lowest BCUT2D eigenvalue weighted by molar-refractivity contribution is 0.178. The molecule has 21 heavy (non-hydrogen) atoms. The second-order valence-corrected chi connectivity index (χ2v) is 5.02. The Kier molecular flexibility index (Phi) is 5.09. The van der Waals surface area contributed by atoms with Gasteiger partial charge in [0.15, 0.2) is 5.82 Å². The summed E-state index contributed by atoms with van der Waals surface area (Å²) in [5.41, 5.74) is 1.41. The van der Waals surface area contributed by atoms with Crippen LogP contribution in [0.4, 0.5) is 17.3 Å². The summed E-state index contributed by atoms with van der Waals surface area (Å²) in [6.45, 7) is 0.332. The number of ether oxygens (including phenoxy) is 1. The Morgan fingerprint density at radius 3 is 2.67 bits per heavy atom. The number of nitrogens with zero attached hydrogens (tertiary/aromatic N) is 3. The van der Waals surface area contributed by atoms with Crippen LogP contribution in [0.1, 0.15) is 11.4 Å². The van der Waals surface area contributed by atoms with Crippen molar-refractivity contribution in [2.24, 2.45) is 0 Å². The van der Waals surface area contributed by atoms with E-state index in [2.05, 4.69) is 42.6 Å². The fraction of sp³-hybridized carbons (Fsp3) is 0.214. The molecule has 0 aliphatic rings. The molecule has 0 aliphatic carbocycles. The first-order chi connectivity index (χ1) is 10.2. The standard InChI is InChI=1S/C14H14BrN5O/c1-17-12-6-13(20-14(19-12)8-21-2)18-11-4-3-9(7-16)5-10(11)15/h3-6H,8H2,1-2H3,(H2,17,18,19,20). The van der Waals surface area contributed by atoms with Crippen LogP contribution in [0, 0.1) is 11.3 Å². The molecule has 1 aromatic heterocycles. The minimum Gasteiger partial charge on any atom is -0.377 e. The highest BCUT2D eigenvalue weighted by Gasteiger charge is 2.07. The molecule has 1 aromatic carbocycles. The molecule has 0 amide bonds. The van der Waals surface area contributed by atoms with Crippen molar-refractivity contribution in [3.8, 4) is 6.07 Å². The van der Waals surface area contributed by atoms with Crippen molar-refractivity contribution in [3.05, 3.63) is 40.1 Å². The third-order valence-electron chi connectivity index (χ3n) is 2.66. The molecule has 0 spiro atoms. The maximum atomic E-state index is 8.87. The van der Waals surface area contributed by atoms with E-state index >= 15 is 0 Å². The lowest BCUT2D eigenvalue weighted by Gasteiger charge is -2.11. The highest BCUT2D eigenvalue weighted by atomic mass is 79.9. The summed E-state index contributed by atoms with van der Waals surface area (Å²) in [5.74, 6) is 1.92. The number of rotatable bonds is 5. The fourth-order valence-corrected chi connectivity index (χ4v) is 2.18. The van der Waals surface area contributed by atoms with E-state index in [0.717, 1.165) is 10.2 Å². The Bertz CT molecular complexity index is 684. The molecule has 2 aromatic rings. The molecule has 0 radical (unpaired) electrons. The summed E-state index contributed by atoms with van der Waals surface area (Å²) < 4.78 is 5.85. The molecule has 0 atom stereocenters. The normalized spacial score (nSPS) is 10.0. The number of aromatic nitrogens is 2. The minimum absolute atomic E-state index is 0.332. The van der Waals surface area contributed by atoms with Crippen molar-refractivity contribution in [1.82, 2.24) is 9.97 Å². The monoisotopic (exact) mass is 347 g/mol. The summed E-state index contributed by atoms with van der Waals surface area (Å²) in [6, 6.07) is 9.20. The van der Waals surface area contributed by atoms with Gasteiger partial charge in [0.25, 0.3) is 0 Å². The molecule has 6 nitrogen and oxygen atoms in total. The number of nitrogens with one attached hydrogen (secondary N) is 2. The molecule has 0 saturated carbocycles.